The van der Waals surface area contributed by atoms with Crippen LogP contribution in [0.4, 0.5) is 0 Å². The number of hydrogen-bond acceptors (Lipinski definition) is 5. The number of aliphatic hydroxyl groups is 1. The molecule has 0 saturated heterocycles. The first-order valence-corrected chi connectivity index (χ1v) is 7.70. The molecule has 0 bridgehead atoms. The molecule has 2 rings (SSSR count). The normalized spacial score (nSPS) is 12.7. The maximum Gasteiger partial charge on any atom is 0.335 e. The Labute approximate surface area is 149 Å². The first-order chi connectivity index (χ1) is 12.3. The van der Waals surface area contributed by atoms with Crippen LogP contribution in [0.15, 0.2) is 48.5 Å². The molecule has 2 atom stereocenters. The van der Waals surface area contributed by atoms with Crippen molar-refractivity contribution in [3.63, 3.8) is 0 Å². The van der Waals surface area contributed by atoms with Gasteiger partial charge in [-0.2, -0.15) is 0 Å². The summed E-state index contributed by atoms with van der Waals surface area (Å²) in [5.74, 6) is -2.57. The second kappa shape index (κ2) is 8.24. The molecule has 2 amide bonds. The number of carboxylic acid groups (broad SMARTS) is 1. The van der Waals surface area contributed by atoms with Crippen LogP contribution in [0.1, 0.15) is 27.6 Å². The minimum absolute atomic E-state index is 0.152. The molecule has 136 valence electrons. The molecule has 2 aromatic rings. The Balaban J connectivity index is 2.18. The van der Waals surface area contributed by atoms with Crippen molar-refractivity contribution in [3.8, 4) is 11.1 Å². The number of aliphatic hydroxyl groups excluding tert-OH is 1. The van der Waals surface area contributed by atoms with Gasteiger partial charge in [0.05, 0.1) is 11.7 Å². The fraction of sp³-hybridized carbons (Fsp3) is 0.167. The molecule has 0 unspecified atom stereocenters. The highest BCUT2D eigenvalue weighted by molar-refractivity contribution is 5.98. The Morgan fingerprint density at radius 1 is 0.962 bits per heavy atom. The van der Waals surface area contributed by atoms with Gasteiger partial charge in [-0.1, -0.05) is 24.3 Å². The molecule has 8 nitrogen and oxygen atoms in total. The van der Waals surface area contributed by atoms with Gasteiger partial charge in [0.1, 0.15) is 6.04 Å². The van der Waals surface area contributed by atoms with E-state index in [9.17, 15) is 19.5 Å². The molecular formula is C18H18N2O6. The smallest absolute Gasteiger partial charge is 0.335 e. The predicted octanol–water partition coefficient (Wildman–Crippen LogP) is 1.04. The van der Waals surface area contributed by atoms with Gasteiger partial charge in [-0.25, -0.2) is 10.3 Å². The highest BCUT2D eigenvalue weighted by Crippen LogP contribution is 2.21. The largest absolute Gasteiger partial charge is 0.478 e. The van der Waals surface area contributed by atoms with Gasteiger partial charge >= 0.3 is 5.97 Å². The quantitative estimate of drug-likeness (QED) is 0.387. The van der Waals surface area contributed by atoms with E-state index in [0.29, 0.717) is 11.1 Å². The number of aromatic carboxylic acids is 1. The number of carbonyl (C=O) groups is 3. The minimum Gasteiger partial charge on any atom is -0.478 e. The van der Waals surface area contributed by atoms with Crippen molar-refractivity contribution in [1.29, 1.82) is 0 Å². The first-order valence-electron chi connectivity index (χ1n) is 7.70. The second-order valence-corrected chi connectivity index (χ2v) is 5.63. The fourth-order valence-electron chi connectivity index (χ4n) is 2.35. The molecule has 0 aliphatic rings. The molecule has 8 heteroatoms. The van der Waals surface area contributed by atoms with Crippen LogP contribution in [0, 0.1) is 0 Å². The SMILES string of the molecule is C[C@@H](O)[C@H](NC(=O)c1ccc(-c2cccc(C(=O)O)c2)cc1)C(=O)NO. The number of nitrogens with one attached hydrogen (secondary N) is 2. The lowest BCUT2D eigenvalue weighted by Gasteiger charge is -2.19. The topological polar surface area (TPSA) is 136 Å². The Morgan fingerprint density at radius 2 is 1.62 bits per heavy atom. The third-order valence-corrected chi connectivity index (χ3v) is 3.75. The van der Waals surface area contributed by atoms with Gasteiger partial charge in [0.25, 0.3) is 11.8 Å². The van der Waals surface area contributed by atoms with Crippen molar-refractivity contribution in [1.82, 2.24) is 10.8 Å². The van der Waals surface area contributed by atoms with Crippen molar-refractivity contribution in [2.45, 2.75) is 19.1 Å². The van der Waals surface area contributed by atoms with Crippen molar-refractivity contribution < 1.29 is 29.8 Å². The van der Waals surface area contributed by atoms with E-state index in [4.69, 9.17) is 10.3 Å². The Kier molecular flexibility index (Phi) is 6.05. The van der Waals surface area contributed by atoms with Crippen molar-refractivity contribution in [3.05, 3.63) is 59.7 Å². The van der Waals surface area contributed by atoms with Crippen molar-refractivity contribution >= 4 is 17.8 Å². The molecule has 0 radical (unpaired) electrons. The van der Waals surface area contributed by atoms with Gasteiger partial charge in [0, 0.05) is 5.56 Å². The molecule has 0 saturated carbocycles. The number of carbonyl (C=O) groups excluding carboxylic acids is 2. The summed E-state index contributed by atoms with van der Waals surface area (Å²) in [4.78, 5) is 34.7. The minimum atomic E-state index is -1.31. The second-order valence-electron chi connectivity index (χ2n) is 5.63. The van der Waals surface area contributed by atoms with E-state index >= 15 is 0 Å². The van der Waals surface area contributed by atoms with Crippen LogP contribution >= 0.6 is 0 Å². The zero-order valence-electron chi connectivity index (χ0n) is 13.8. The number of benzene rings is 2. The molecule has 0 aliphatic heterocycles. The van der Waals surface area contributed by atoms with Crippen molar-refractivity contribution in [2.24, 2.45) is 0 Å². The monoisotopic (exact) mass is 358 g/mol. The standard InChI is InChI=1S/C18H18N2O6/c1-10(21)15(17(23)20-26)19-16(22)12-7-5-11(6-8-12)13-3-2-4-14(9-13)18(24)25/h2-10,15,21,26H,1H3,(H,19,22)(H,20,23)(H,24,25)/t10-,15+/m1/s1. The Hall–Kier alpha value is -3.23. The summed E-state index contributed by atoms with van der Waals surface area (Å²) in [6.07, 6.45) is -1.20. The van der Waals surface area contributed by atoms with E-state index in [-0.39, 0.29) is 11.1 Å². The van der Waals surface area contributed by atoms with Crippen LogP contribution < -0.4 is 10.8 Å². The molecule has 26 heavy (non-hydrogen) atoms. The van der Waals surface area contributed by atoms with Crippen LogP contribution in [-0.2, 0) is 4.79 Å². The van der Waals surface area contributed by atoms with Crippen LogP contribution in [0.25, 0.3) is 11.1 Å². The summed E-state index contributed by atoms with van der Waals surface area (Å²) in [7, 11) is 0. The first kappa shape index (κ1) is 19.1. The maximum absolute atomic E-state index is 12.2. The lowest BCUT2D eigenvalue weighted by molar-refractivity contribution is -0.133. The summed E-state index contributed by atoms with van der Waals surface area (Å²) >= 11 is 0. The lowest BCUT2D eigenvalue weighted by atomic mass is 10.0. The van der Waals surface area contributed by atoms with E-state index in [1.165, 1.54) is 36.7 Å². The number of carboxylic acids is 1. The van der Waals surface area contributed by atoms with Gasteiger partial charge in [-0.05, 0) is 42.3 Å². The summed E-state index contributed by atoms with van der Waals surface area (Å²) in [5, 5.41) is 29.6. The van der Waals surface area contributed by atoms with Gasteiger partial charge in [-0.3, -0.25) is 14.8 Å². The maximum atomic E-state index is 12.2. The van der Waals surface area contributed by atoms with E-state index < -0.39 is 29.9 Å². The molecule has 2 aromatic carbocycles. The molecule has 5 N–H and O–H groups in total. The number of rotatable bonds is 6. The van der Waals surface area contributed by atoms with Crippen LogP contribution in [0.2, 0.25) is 0 Å². The summed E-state index contributed by atoms with van der Waals surface area (Å²) in [5.41, 5.74) is 3.17. The number of hydroxylamine groups is 1. The molecule has 0 heterocycles. The summed E-state index contributed by atoms with van der Waals surface area (Å²) in [6.45, 7) is 1.30. The number of hydrogen-bond donors (Lipinski definition) is 5. The average Bonchev–Trinajstić information content (AvgIpc) is 2.65. The highest BCUT2D eigenvalue weighted by atomic mass is 16.5. The Morgan fingerprint density at radius 3 is 2.15 bits per heavy atom. The average molecular weight is 358 g/mol. The summed E-state index contributed by atoms with van der Waals surface area (Å²) < 4.78 is 0. The third-order valence-electron chi connectivity index (χ3n) is 3.75. The zero-order valence-corrected chi connectivity index (χ0v) is 13.8. The molecule has 0 spiro atoms. The van der Waals surface area contributed by atoms with Gasteiger partial charge in [-0.15, -0.1) is 0 Å². The number of amides is 2. The van der Waals surface area contributed by atoms with Gasteiger partial charge in [0.15, 0.2) is 0 Å². The summed E-state index contributed by atoms with van der Waals surface area (Å²) in [6, 6.07) is 11.4. The molecular weight excluding hydrogens is 340 g/mol. The van der Waals surface area contributed by atoms with Crippen LogP contribution in [0.5, 0.6) is 0 Å². The molecule has 0 aliphatic carbocycles. The predicted molar refractivity (Wildman–Crippen MR) is 91.7 cm³/mol. The highest BCUT2D eigenvalue weighted by Gasteiger charge is 2.25. The Bertz CT molecular complexity index is 817. The van der Waals surface area contributed by atoms with E-state index in [0.717, 1.165) is 0 Å². The van der Waals surface area contributed by atoms with E-state index in [2.05, 4.69) is 5.32 Å². The third kappa shape index (κ3) is 4.44. The van der Waals surface area contributed by atoms with Crippen molar-refractivity contribution in [2.75, 3.05) is 0 Å². The van der Waals surface area contributed by atoms with Gasteiger partial charge < -0.3 is 15.5 Å². The molecule has 0 fully saturated rings. The van der Waals surface area contributed by atoms with Crippen LogP contribution in [-0.4, -0.2) is 45.3 Å². The van der Waals surface area contributed by atoms with E-state index in [1.807, 2.05) is 0 Å². The van der Waals surface area contributed by atoms with E-state index in [1.54, 1.807) is 24.3 Å². The van der Waals surface area contributed by atoms with Crippen LogP contribution in [0.3, 0.4) is 0 Å². The van der Waals surface area contributed by atoms with Gasteiger partial charge in [0.2, 0.25) is 0 Å². The lowest BCUT2D eigenvalue weighted by Crippen LogP contribution is -2.51. The molecule has 0 aromatic heterocycles. The zero-order chi connectivity index (χ0) is 19.3. The fourth-order valence-corrected chi connectivity index (χ4v) is 2.35.